The van der Waals surface area contributed by atoms with Gasteiger partial charge >= 0.3 is 6.18 Å². The van der Waals surface area contributed by atoms with Gasteiger partial charge in [0.1, 0.15) is 12.0 Å². The Kier molecular flexibility index (Phi) is 5.85. The van der Waals surface area contributed by atoms with E-state index < -0.39 is 24.0 Å². The minimum atomic E-state index is -4.49. The molecule has 1 atom stereocenters. The van der Waals surface area contributed by atoms with Crippen molar-refractivity contribution in [2.75, 3.05) is 19.6 Å². The van der Waals surface area contributed by atoms with Crippen molar-refractivity contribution in [3.63, 3.8) is 0 Å². The summed E-state index contributed by atoms with van der Waals surface area (Å²) < 4.78 is 39.0. The molecule has 0 aromatic heterocycles. The summed E-state index contributed by atoms with van der Waals surface area (Å²) in [6.45, 7) is 2.28. The van der Waals surface area contributed by atoms with Gasteiger partial charge in [0.25, 0.3) is 5.91 Å². The molecular weight excluding hydrogens is 455 g/mol. The van der Waals surface area contributed by atoms with E-state index in [0.29, 0.717) is 32.5 Å². The van der Waals surface area contributed by atoms with E-state index in [0.717, 1.165) is 34.4 Å². The Bertz CT molecular complexity index is 1190. The zero-order valence-corrected chi connectivity index (χ0v) is 19.6. The van der Waals surface area contributed by atoms with Crippen molar-refractivity contribution < 1.29 is 22.8 Å². The lowest BCUT2D eigenvalue weighted by molar-refractivity contribution is -0.141. The number of nitrogens with one attached hydrogen (secondary N) is 1. The molecule has 0 spiro atoms. The summed E-state index contributed by atoms with van der Waals surface area (Å²) in [6, 6.07) is 15.0. The van der Waals surface area contributed by atoms with Crippen LogP contribution < -0.4 is 5.32 Å². The third kappa shape index (κ3) is 3.98. The van der Waals surface area contributed by atoms with E-state index in [2.05, 4.69) is 10.2 Å². The van der Waals surface area contributed by atoms with Crippen molar-refractivity contribution in [2.45, 2.75) is 50.4 Å². The van der Waals surface area contributed by atoms with Crippen LogP contribution in [-0.4, -0.2) is 53.5 Å². The van der Waals surface area contributed by atoms with Gasteiger partial charge in [-0.15, -0.1) is 0 Å². The maximum Gasteiger partial charge on any atom is 0.405 e. The molecule has 5 rings (SSSR count). The highest BCUT2D eigenvalue weighted by Gasteiger charge is 2.53. The fraction of sp³-hybridized carbons (Fsp3) is 0.407. The van der Waals surface area contributed by atoms with Crippen LogP contribution in [0.2, 0.25) is 0 Å². The number of carbonyl (C=O) groups excluding carboxylic acids is 2. The Morgan fingerprint density at radius 2 is 1.83 bits per heavy atom. The van der Waals surface area contributed by atoms with Crippen molar-refractivity contribution in [3.05, 3.63) is 76.5 Å². The molecule has 2 aromatic carbocycles. The van der Waals surface area contributed by atoms with E-state index in [9.17, 15) is 22.8 Å². The molecule has 8 heteroatoms. The fourth-order valence-corrected chi connectivity index (χ4v) is 5.59. The molecule has 184 valence electrons. The summed E-state index contributed by atoms with van der Waals surface area (Å²) in [6.07, 6.45) is -0.619. The maximum atomic E-state index is 13.5. The van der Waals surface area contributed by atoms with Crippen LogP contribution in [0.1, 0.15) is 53.2 Å². The fourth-order valence-electron chi connectivity index (χ4n) is 5.59. The monoisotopic (exact) mass is 483 g/mol. The molecule has 5 nitrogen and oxygen atoms in total. The average Bonchev–Trinajstić information content (AvgIpc) is 3.31. The quantitative estimate of drug-likeness (QED) is 0.632. The first-order valence-electron chi connectivity index (χ1n) is 12.0. The third-order valence-electron chi connectivity index (χ3n) is 7.39. The number of benzene rings is 2. The number of hydrogen-bond donors (Lipinski definition) is 1. The van der Waals surface area contributed by atoms with Gasteiger partial charge in [0.05, 0.1) is 6.04 Å². The number of rotatable bonds is 7. The van der Waals surface area contributed by atoms with Crippen LogP contribution in [0.15, 0.2) is 54.2 Å². The molecule has 0 radical (unpaired) electrons. The number of likely N-dealkylation sites (tertiary alicyclic amines) is 1. The van der Waals surface area contributed by atoms with E-state index in [1.165, 1.54) is 0 Å². The smallest absolute Gasteiger partial charge is 0.369 e. The van der Waals surface area contributed by atoms with Crippen molar-refractivity contribution in [1.82, 2.24) is 15.1 Å². The van der Waals surface area contributed by atoms with Crippen LogP contribution in [0, 0.1) is 0 Å². The van der Waals surface area contributed by atoms with Crippen LogP contribution in [0.4, 0.5) is 13.2 Å². The van der Waals surface area contributed by atoms with Gasteiger partial charge in [0, 0.05) is 30.9 Å². The van der Waals surface area contributed by atoms with Crippen LogP contribution in [0.3, 0.4) is 0 Å². The summed E-state index contributed by atoms with van der Waals surface area (Å²) in [4.78, 5) is 30.4. The molecular formula is C27H28F3N3O2. The highest BCUT2D eigenvalue weighted by atomic mass is 19.4. The van der Waals surface area contributed by atoms with Gasteiger partial charge < -0.3 is 15.1 Å². The third-order valence-corrected chi connectivity index (χ3v) is 7.39. The molecule has 1 saturated heterocycles. The number of alkyl halides is 3. The second-order valence-electron chi connectivity index (χ2n) is 9.57. The Balaban J connectivity index is 1.41. The minimum Gasteiger partial charge on any atom is -0.369 e. The molecule has 0 saturated carbocycles. The van der Waals surface area contributed by atoms with Crippen molar-refractivity contribution in [1.29, 1.82) is 0 Å². The van der Waals surface area contributed by atoms with Crippen LogP contribution >= 0.6 is 0 Å². The van der Waals surface area contributed by atoms with Crippen molar-refractivity contribution in [3.8, 4) is 0 Å². The molecule has 2 aromatic rings. The predicted molar refractivity (Wildman–Crippen MR) is 126 cm³/mol. The van der Waals surface area contributed by atoms with Crippen LogP contribution in [-0.2, 0) is 16.8 Å². The number of halogens is 3. The van der Waals surface area contributed by atoms with Crippen LogP contribution in [0.25, 0.3) is 6.08 Å². The highest BCUT2D eigenvalue weighted by molar-refractivity contribution is 5.99. The number of hydrogen-bond acceptors (Lipinski definition) is 3. The molecule has 1 unspecified atom stereocenters. The van der Waals surface area contributed by atoms with E-state index in [1.807, 2.05) is 66.4 Å². The lowest BCUT2D eigenvalue weighted by Gasteiger charge is -2.49. The predicted octanol–water partition coefficient (Wildman–Crippen LogP) is 4.49. The molecule has 35 heavy (non-hydrogen) atoms. The first-order valence-corrected chi connectivity index (χ1v) is 12.0. The van der Waals surface area contributed by atoms with Gasteiger partial charge in [0.2, 0.25) is 5.91 Å². The maximum absolute atomic E-state index is 13.5. The van der Waals surface area contributed by atoms with Crippen LogP contribution in [0.5, 0.6) is 0 Å². The normalized spacial score (nSPS) is 21.5. The Morgan fingerprint density at radius 3 is 2.54 bits per heavy atom. The number of amides is 2. The Labute approximate surface area is 202 Å². The molecule has 2 heterocycles. The zero-order valence-electron chi connectivity index (χ0n) is 19.6. The van der Waals surface area contributed by atoms with Gasteiger partial charge in [-0.2, -0.15) is 13.2 Å². The zero-order chi connectivity index (χ0) is 24.8. The number of carbonyl (C=O) groups is 2. The standard InChI is InChI=1S/C27H28F3N3O2/c1-2-3-12-26(25(35)31-17-27(28,29)30)22-11-7-5-8-18(22)13-23(26)32-15-20(16-32)33-14-19-9-4-6-10-21(19)24(33)34/h4-11,13,20H,2-3,12,14-17H2,1H3,(H,31,35). The number of unbranched alkanes of at least 4 members (excludes halogenated alkanes) is 1. The molecule has 1 aliphatic carbocycles. The molecule has 3 aliphatic rings. The lowest BCUT2D eigenvalue weighted by atomic mass is 9.74. The van der Waals surface area contributed by atoms with Crippen molar-refractivity contribution in [2.24, 2.45) is 0 Å². The first-order chi connectivity index (χ1) is 16.7. The number of nitrogens with zero attached hydrogens (tertiary/aromatic N) is 2. The molecule has 1 N–H and O–H groups in total. The van der Waals surface area contributed by atoms with Gasteiger partial charge in [-0.25, -0.2) is 0 Å². The van der Waals surface area contributed by atoms with Gasteiger partial charge in [0.15, 0.2) is 0 Å². The molecule has 2 aliphatic heterocycles. The summed E-state index contributed by atoms with van der Waals surface area (Å²) in [5.41, 5.74) is 2.88. The summed E-state index contributed by atoms with van der Waals surface area (Å²) in [5.74, 6) is -0.610. The second-order valence-corrected chi connectivity index (χ2v) is 9.57. The molecule has 2 amide bonds. The van der Waals surface area contributed by atoms with E-state index >= 15 is 0 Å². The number of fused-ring (bicyclic) bond motifs is 2. The van der Waals surface area contributed by atoms with Gasteiger partial charge in [-0.3, -0.25) is 9.59 Å². The van der Waals surface area contributed by atoms with E-state index in [1.54, 1.807) is 0 Å². The summed E-state index contributed by atoms with van der Waals surface area (Å²) >= 11 is 0. The lowest BCUT2D eigenvalue weighted by Crippen LogP contribution is -2.62. The second kappa shape index (κ2) is 8.73. The SMILES string of the molecule is CCCCC1(C(=O)NCC(F)(F)F)C(N2CC(N3Cc4ccccc4C3=O)C2)=Cc2ccccc21. The topological polar surface area (TPSA) is 52.7 Å². The Hall–Kier alpha value is -3.29. The molecule has 1 fully saturated rings. The summed E-state index contributed by atoms with van der Waals surface area (Å²) in [5, 5.41) is 2.18. The van der Waals surface area contributed by atoms with Gasteiger partial charge in [-0.05, 0) is 35.3 Å². The van der Waals surface area contributed by atoms with E-state index in [4.69, 9.17) is 0 Å². The molecule has 0 bridgehead atoms. The van der Waals surface area contributed by atoms with Crippen molar-refractivity contribution >= 4 is 17.9 Å². The highest BCUT2D eigenvalue weighted by Crippen LogP contribution is 2.49. The minimum absolute atomic E-state index is 0.00843. The van der Waals surface area contributed by atoms with E-state index in [-0.39, 0.29) is 11.9 Å². The summed E-state index contributed by atoms with van der Waals surface area (Å²) in [7, 11) is 0. The average molecular weight is 484 g/mol. The Morgan fingerprint density at radius 1 is 1.11 bits per heavy atom. The largest absolute Gasteiger partial charge is 0.405 e. The first kappa shape index (κ1) is 23.5. The van der Waals surface area contributed by atoms with Gasteiger partial charge in [-0.1, -0.05) is 62.2 Å².